The van der Waals surface area contributed by atoms with Gasteiger partial charge in [0, 0.05) is 19.2 Å². The zero-order chi connectivity index (χ0) is 13.5. The summed E-state index contributed by atoms with van der Waals surface area (Å²) in [6.45, 7) is 6.17. The number of amides is 2. The van der Waals surface area contributed by atoms with Crippen molar-refractivity contribution in [2.24, 2.45) is 0 Å². The van der Waals surface area contributed by atoms with Crippen LogP contribution in [0.1, 0.15) is 25.8 Å². The molecule has 0 heterocycles. The number of nitrogens with one attached hydrogen (secondary N) is 1. The molecule has 4 heteroatoms. The summed E-state index contributed by atoms with van der Waals surface area (Å²) in [6, 6.07) is 7.57. The summed E-state index contributed by atoms with van der Waals surface area (Å²) in [5, 5.41) is 2.78. The second-order valence-electron chi connectivity index (χ2n) is 4.35. The van der Waals surface area contributed by atoms with Crippen molar-refractivity contribution in [2.75, 3.05) is 18.4 Å². The second kappa shape index (κ2) is 6.79. The zero-order valence-corrected chi connectivity index (χ0v) is 11.2. The van der Waals surface area contributed by atoms with E-state index in [0.717, 1.165) is 17.7 Å². The van der Waals surface area contributed by atoms with Crippen LogP contribution < -0.4 is 5.32 Å². The molecule has 0 bridgehead atoms. The van der Waals surface area contributed by atoms with Gasteiger partial charge < -0.3 is 10.2 Å². The maximum Gasteiger partial charge on any atom is 0.243 e. The number of benzene rings is 1. The highest BCUT2D eigenvalue weighted by Crippen LogP contribution is 2.08. The van der Waals surface area contributed by atoms with E-state index in [9.17, 15) is 9.59 Å². The van der Waals surface area contributed by atoms with Crippen molar-refractivity contribution in [3.63, 3.8) is 0 Å². The topological polar surface area (TPSA) is 49.4 Å². The molecule has 0 saturated heterocycles. The molecule has 2 amide bonds. The van der Waals surface area contributed by atoms with Gasteiger partial charge in [0.25, 0.3) is 0 Å². The van der Waals surface area contributed by atoms with Gasteiger partial charge in [-0.1, -0.05) is 24.6 Å². The minimum absolute atomic E-state index is 0.0732. The van der Waals surface area contributed by atoms with Gasteiger partial charge in [0.05, 0.1) is 6.54 Å². The Morgan fingerprint density at radius 1 is 1.22 bits per heavy atom. The lowest BCUT2D eigenvalue weighted by Crippen LogP contribution is -2.37. The molecule has 1 aromatic carbocycles. The lowest BCUT2D eigenvalue weighted by atomic mass is 10.2. The molecule has 0 unspecified atom stereocenters. The SMILES string of the molecule is CCCN(CC(=O)Nc1ccc(C)cc1)C(C)=O. The first-order chi connectivity index (χ1) is 8.52. The molecule has 0 spiro atoms. The van der Waals surface area contributed by atoms with Crippen LogP contribution in [-0.2, 0) is 9.59 Å². The Morgan fingerprint density at radius 3 is 2.33 bits per heavy atom. The highest BCUT2D eigenvalue weighted by Gasteiger charge is 2.12. The molecule has 0 radical (unpaired) electrons. The molecule has 0 saturated carbocycles. The molecule has 1 rings (SSSR count). The number of anilines is 1. The number of nitrogens with zero attached hydrogens (tertiary/aromatic N) is 1. The maximum absolute atomic E-state index is 11.8. The van der Waals surface area contributed by atoms with E-state index in [2.05, 4.69) is 5.32 Å². The molecule has 1 aromatic rings. The van der Waals surface area contributed by atoms with Gasteiger partial charge in [0.2, 0.25) is 11.8 Å². The number of hydrogen-bond donors (Lipinski definition) is 1. The molecular formula is C14H20N2O2. The van der Waals surface area contributed by atoms with E-state index in [4.69, 9.17) is 0 Å². The summed E-state index contributed by atoms with van der Waals surface area (Å²) < 4.78 is 0. The Labute approximate surface area is 108 Å². The summed E-state index contributed by atoms with van der Waals surface area (Å²) in [6.07, 6.45) is 0.845. The Kier molecular flexibility index (Phi) is 5.36. The van der Waals surface area contributed by atoms with Crippen LogP contribution >= 0.6 is 0 Å². The Morgan fingerprint density at radius 2 is 1.83 bits per heavy atom. The highest BCUT2D eigenvalue weighted by atomic mass is 16.2. The van der Waals surface area contributed by atoms with Gasteiger partial charge in [-0.05, 0) is 25.5 Å². The first-order valence-electron chi connectivity index (χ1n) is 6.15. The van der Waals surface area contributed by atoms with Gasteiger partial charge >= 0.3 is 0 Å². The van der Waals surface area contributed by atoms with Crippen LogP contribution in [0.5, 0.6) is 0 Å². The Balaban J connectivity index is 2.54. The zero-order valence-electron chi connectivity index (χ0n) is 11.2. The number of carbonyl (C=O) groups excluding carboxylic acids is 2. The first kappa shape index (κ1) is 14.2. The normalized spacial score (nSPS) is 9.94. The lowest BCUT2D eigenvalue weighted by molar-refractivity contribution is -0.132. The molecule has 0 aliphatic rings. The van der Waals surface area contributed by atoms with Crippen LogP contribution in [-0.4, -0.2) is 29.8 Å². The smallest absolute Gasteiger partial charge is 0.243 e. The molecule has 0 fully saturated rings. The number of hydrogen-bond acceptors (Lipinski definition) is 2. The lowest BCUT2D eigenvalue weighted by Gasteiger charge is -2.19. The predicted molar refractivity (Wildman–Crippen MR) is 72.4 cm³/mol. The average Bonchev–Trinajstić information content (AvgIpc) is 2.31. The molecule has 1 N–H and O–H groups in total. The van der Waals surface area contributed by atoms with Gasteiger partial charge in [-0.2, -0.15) is 0 Å². The van der Waals surface area contributed by atoms with Crippen molar-refractivity contribution < 1.29 is 9.59 Å². The summed E-state index contributed by atoms with van der Waals surface area (Å²) in [7, 11) is 0. The van der Waals surface area contributed by atoms with Gasteiger partial charge in [0.1, 0.15) is 0 Å². The molecular weight excluding hydrogens is 228 g/mol. The van der Waals surface area contributed by atoms with Crippen molar-refractivity contribution >= 4 is 17.5 Å². The molecule has 98 valence electrons. The van der Waals surface area contributed by atoms with Crippen molar-refractivity contribution in [1.82, 2.24) is 4.90 Å². The van der Waals surface area contributed by atoms with Crippen LogP contribution in [0.2, 0.25) is 0 Å². The molecule has 0 aliphatic carbocycles. The minimum Gasteiger partial charge on any atom is -0.334 e. The van der Waals surface area contributed by atoms with E-state index in [1.807, 2.05) is 38.1 Å². The summed E-state index contributed by atoms with van der Waals surface area (Å²) in [5.74, 6) is -0.238. The fourth-order valence-corrected chi connectivity index (χ4v) is 1.63. The van der Waals surface area contributed by atoms with E-state index in [-0.39, 0.29) is 18.4 Å². The number of carbonyl (C=O) groups is 2. The van der Waals surface area contributed by atoms with Crippen molar-refractivity contribution in [2.45, 2.75) is 27.2 Å². The van der Waals surface area contributed by atoms with E-state index in [0.29, 0.717) is 6.54 Å². The molecule has 0 aliphatic heterocycles. The van der Waals surface area contributed by atoms with E-state index < -0.39 is 0 Å². The Hall–Kier alpha value is -1.84. The number of aryl methyl sites for hydroxylation is 1. The predicted octanol–water partition coefficient (Wildman–Crippen LogP) is 2.19. The van der Waals surface area contributed by atoms with Crippen LogP contribution in [0.25, 0.3) is 0 Å². The maximum atomic E-state index is 11.8. The standard InChI is InChI=1S/C14H20N2O2/c1-4-9-16(12(3)17)10-14(18)15-13-7-5-11(2)6-8-13/h5-8H,4,9-10H2,1-3H3,(H,15,18). The third-order valence-electron chi connectivity index (χ3n) is 2.61. The van der Waals surface area contributed by atoms with Gasteiger partial charge in [-0.15, -0.1) is 0 Å². The first-order valence-corrected chi connectivity index (χ1v) is 6.15. The van der Waals surface area contributed by atoms with Crippen LogP contribution in [0, 0.1) is 6.92 Å². The van der Waals surface area contributed by atoms with E-state index >= 15 is 0 Å². The van der Waals surface area contributed by atoms with Crippen LogP contribution in [0.15, 0.2) is 24.3 Å². The van der Waals surface area contributed by atoms with Crippen molar-refractivity contribution in [3.05, 3.63) is 29.8 Å². The largest absolute Gasteiger partial charge is 0.334 e. The minimum atomic E-state index is -0.164. The second-order valence-corrected chi connectivity index (χ2v) is 4.35. The Bertz CT molecular complexity index is 412. The van der Waals surface area contributed by atoms with Crippen LogP contribution in [0.3, 0.4) is 0 Å². The third-order valence-corrected chi connectivity index (χ3v) is 2.61. The van der Waals surface area contributed by atoms with Gasteiger partial charge in [-0.25, -0.2) is 0 Å². The summed E-state index contributed by atoms with van der Waals surface area (Å²) >= 11 is 0. The molecule has 0 aromatic heterocycles. The molecule has 18 heavy (non-hydrogen) atoms. The number of rotatable bonds is 5. The summed E-state index contributed by atoms with van der Waals surface area (Å²) in [5.41, 5.74) is 1.90. The van der Waals surface area contributed by atoms with Crippen LogP contribution in [0.4, 0.5) is 5.69 Å². The van der Waals surface area contributed by atoms with E-state index in [1.165, 1.54) is 6.92 Å². The average molecular weight is 248 g/mol. The molecule has 4 nitrogen and oxygen atoms in total. The van der Waals surface area contributed by atoms with Gasteiger partial charge in [-0.3, -0.25) is 9.59 Å². The molecule has 0 atom stereocenters. The third kappa shape index (κ3) is 4.57. The summed E-state index contributed by atoms with van der Waals surface area (Å²) in [4.78, 5) is 24.6. The van der Waals surface area contributed by atoms with Gasteiger partial charge in [0.15, 0.2) is 0 Å². The van der Waals surface area contributed by atoms with Crippen molar-refractivity contribution in [3.8, 4) is 0 Å². The fraction of sp³-hybridized carbons (Fsp3) is 0.429. The quantitative estimate of drug-likeness (QED) is 0.868. The monoisotopic (exact) mass is 248 g/mol. The highest BCUT2D eigenvalue weighted by molar-refractivity contribution is 5.94. The fourth-order valence-electron chi connectivity index (χ4n) is 1.63. The van der Waals surface area contributed by atoms with E-state index in [1.54, 1.807) is 4.90 Å². The van der Waals surface area contributed by atoms with Crippen molar-refractivity contribution in [1.29, 1.82) is 0 Å².